The molecule has 18 heavy (non-hydrogen) atoms. The Balaban J connectivity index is 2.53. The number of hydrogen-bond donors (Lipinski definition) is 0. The number of benzene rings is 1. The zero-order valence-corrected chi connectivity index (χ0v) is 11.8. The van der Waals surface area contributed by atoms with Gasteiger partial charge in [0.05, 0.1) is 9.82 Å². The van der Waals surface area contributed by atoms with Crippen LogP contribution in [-0.4, -0.2) is 22.2 Å². The third kappa shape index (κ3) is 5.16. The molecule has 98 valence electrons. The van der Waals surface area contributed by atoms with Crippen molar-refractivity contribution in [1.29, 1.82) is 0 Å². The van der Waals surface area contributed by atoms with E-state index in [2.05, 4.69) is 4.74 Å². The van der Waals surface area contributed by atoms with Gasteiger partial charge in [0.1, 0.15) is 6.61 Å². The van der Waals surface area contributed by atoms with Crippen LogP contribution in [0.1, 0.15) is 6.92 Å². The topological polar surface area (TPSA) is 69.4 Å². The highest BCUT2D eigenvalue weighted by Gasteiger charge is 2.15. The van der Waals surface area contributed by atoms with E-state index >= 15 is 0 Å². The van der Waals surface area contributed by atoms with Crippen LogP contribution >= 0.6 is 33.2 Å². The minimum Gasteiger partial charge on any atom is -0.452 e. The second kappa shape index (κ2) is 7.50. The van der Waals surface area contributed by atoms with Crippen LogP contribution in [0.15, 0.2) is 29.2 Å². The third-order valence-corrected chi connectivity index (χ3v) is 4.80. The smallest absolute Gasteiger partial charge is 0.403 e. The van der Waals surface area contributed by atoms with Gasteiger partial charge in [-0.3, -0.25) is 10.1 Å². The Morgan fingerprint density at radius 1 is 1.56 bits per heavy atom. The number of hydrogen-bond acceptors (Lipinski definition) is 6. The van der Waals surface area contributed by atoms with Crippen LogP contribution in [0.2, 0.25) is 0 Å². The Morgan fingerprint density at radius 3 is 2.83 bits per heavy atom. The van der Waals surface area contributed by atoms with E-state index in [1.165, 1.54) is 27.7 Å². The monoisotopic (exact) mass is 307 g/mol. The molecule has 0 spiro atoms. The highest BCUT2D eigenvalue weighted by Crippen LogP contribution is 2.39. The highest BCUT2D eigenvalue weighted by atomic mass is 35.5. The average Bonchev–Trinajstić information content (AvgIpc) is 2.34. The standard InChI is InChI=1S/C10H10ClNO4S2/c1-7(6-16-10(11)13)17-18-9-5-3-2-4-8(9)12(14)15/h2-5,7H,6H2,1H3. The molecule has 8 heteroatoms. The number of halogens is 1. The van der Waals surface area contributed by atoms with E-state index in [1.54, 1.807) is 18.2 Å². The molecule has 0 aliphatic heterocycles. The Labute approximate surface area is 117 Å². The molecule has 1 rings (SSSR count). The van der Waals surface area contributed by atoms with Gasteiger partial charge in [-0.1, -0.05) is 33.7 Å². The quantitative estimate of drug-likeness (QED) is 0.341. The lowest BCUT2D eigenvalue weighted by Crippen LogP contribution is -2.07. The van der Waals surface area contributed by atoms with Crippen LogP contribution in [0.4, 0.5) is 10.5 Å². The summed E-state index contributed by atoms with van der Waals surface area (Å²) in [6.45, 7) is 2.01. The van der Waals surface area contributed by atoms with Crippen LogP contribution in [0, 0.1) is 10.1 Å². The molecular formula is C10H10ClNO4S2. The van der Waals surface area contributed by atoms with Gasteiger partial charge in [0.2, 0.25) is 0 Å². The first-order valence-corrected chi connectivity index (χ1v) is 7.49. The van der Waals surface area contributed by atoms with Crippen molar-refractivity contribution >= 4 is 44.3 Å². The SMILES string of the molecule is CC(COC(=O)Cl)SSc1ccccc1[N+](=O)[O-]. The summed E-state index contributed by atoms with van der Waals surface area (Å²) in [4.78, 5) is 21.3. The summed E-state index contributed by atoms with van der Waals surface area (Å²) in [5, 5.41) is 10.8. The van der Waals surface area contributed by atoms with Gasteiger partial charge in [0, 0.05) is 22.9 Å². The summed E-state index contributed by atoms with van der Waals surface area (Å²) in [5.41, 5.74) is -0.783. The molecule has 0 heterocycles. The number of nitro groups is 1. The van der Waals surface area contributed by atoms with Crippen molar-refractivity contribution in [3.8, 4) is 0 Å². The molecule has 5 nitrogen and oxygen atoms in total. The van der Waals surface area contributed by atoms with Crippen LogP contribution in [0.25, 0.3) is 0 Å². The van der Waals surface area contributed by atoms with Crippen molar-refractivity contribution < 1.29 is 14.5 Å². The molecule has 0 aliphatic carbocycles. The van der Waals surface area contributed by atoms with E-state index in [0.717, 1.165) is 0 Å². The van der Waals surface area contributed by atoms with Gasteiger partial charge in [0.25, 0.3) is 5.69 Å². The normalized spacial score (nSPS) is 11.9. The van der Waals surface area contributed by atoms with Gasteiger partial charge in [-0.05, 0) is 13.0 Å². The van der Waals surface area contributed by atoms with Crippen LogP contribution < -0.4 is 0 Å². The zero-order valence-electron chi connectivity index (χ0n) is 9.37. The number of carbonyl (C=O) groups is 1. The van der Waals surface area contributed by atoms with Gasteiger partial charge in [-0.15, -0.1) is 0 Å². The van der Waals surface area contributed by atoms with E-state index in [1.807, 2.05) is 6.92 Å². The summed E-state index contributed by atoms with van der Waals surface area (Å²) in [6, 6.07) is 6.48. The van der Waals surface area contributed by atoms with Crippen molar-refractivity contribution in [2.75, 3.05) is 6.61 Å². The molecule has 1 aromatic rings. The Morgan fingerprint density at radius 2 is 2.22 bits per heavy atom. The molecule has 0 saturated heterocycles. The minimum atomic E-state index is -0.849. The first-order chi connectivity index (χ1) is 8.50. The van der Waals surface area contributed by atoms with Gasteiger partial charge in [-0.2, -0.15) is 0 Å². The lowest BCUT2D eigenvalue weighted by atomic mass is 10.3. The molecule has 0 radical (unpaired) electrons. The number of nitrogens with zero attached hydrogens (tertiary/aromatic N) is 1. The molecule has 1 aromatic carbocycles. The Kier molecular flexibility index (Phi) is 6.31. The number of carbonyl (C=O) groups excluding carboxylic acids is 1. The zero-order chi connectivity index (χ0) is 13.5. The maximum Gasteiger partial charge on any atom is 0.403 e. The molecule has 0 aromatic heterocycles. The van der Waals surface area contributed by atoms with E-state index < -0.39 is 10.4 Å². The summed E-state index contributed by atoms with van der Waals surface area (Å²) in [6.07, 6.45) is 0. The molecule has 0 amide bonds. The fourth-order valence-electron chi connectivity index (χ4n) is 1.02. The van der Waals surface area contributed by atoms with Gasteiger partial charge >= 0.3 is 5.43 Å². The summed E-state index contributed by atoms with van der Waals surface area (Å²) in [5.74, 6) is 0. The number of nitro benzene ring substituents is 1. The molecule has 0 fully saturated rings. The van der Waals surface area contributed by atoms with Crippen LogP contribution in [-0.2, 0) is 4.74 Å². The maximum atomic E-state index is 10.8. The van der Waals surface area contributed by atoms with E-state index in [9.17, 15) is 14.9 Å². The van der Waals surface area contributed by atoms with Crippen molar-refractivity contribution in [2.45, 2.75) is 17.1 Å². The lowest BCUT2D eigenvalue weighted by Gasteiger charge is -2.09. The summed E-state index contributed by atoms with van der Waals surface area (Å²) >= 11 is 5.04. The molecule has 0 bridgehead atoms. The largest absolute Gasteiger partial charge is 0.452 e. The van der Waals surface area contributed by atoms with Crippen LogP contribution in [0.3, 0.4) is 0 Å². The number of rotatable bonds is 6. The summed E-state index contributed by atoms with van der Waals surface area (Å²) < 4.78 is 4.63. The van der Waals surface area contributed by atoms with E-state index in [-0.39, 0.29) is 17.5 Å². The lowest BCUT2D eigenvalue weighted by molar-refractivity contribution is -0.387. The number of para-hydroxylation sites is 1. The Hall–Kier alpha value is -0.920. The predicted octanol–water partition coefficient (Wildman–Crippen LogP) is 4.10. The van der Waals surface area contributed by atoms with Gasteiger partial charge in [0.15, 0.2) is 0 Å². The van der Waals surface area contributed by atoms with Crippen LogP contribution in [0.5, 0.6) is 0 Å². The maximum absolute atomic E-state index is 10.8. The second-order valence-corrected chi connectivity index (χ2v) is 6.25. The van der Waals surface area contributed by atoms with E-state index in [4.69, 9.17) is 11.6 Å². The molecule has 1 atom stereocenters. The van der Waals surface area contributed by atoms with Crippen molar-refractivity contribution in [2.24, 2.45) is 0 Å². The average molecular weight is 308 g/mol. The van der Waals surface area contributed by atoms with E-state index in [0.29, 0.717) is 4.90 Å². The van der Waals surface area contributed by atoms with Crippen molar-refractivity contribution in [3.05, 3.63) is 34.4 Å². The molecular weight excluding hydrogens is 298 g/mol. The van der Waals surface area contributed by atoms with Gasteiger partial charge < -0.3 is 4.74 Å². The molecule has 0 saturated carbocycles. The fraction of sp³-hybridized carbons (Fsp3) is 0.300. The predicted molar refractivity (Wildman–Crippen MR) is 73.2 cm³/mol. The highest BCUT2D eigenvalue weighted by molar-refractivity contribution is 8.77. The van der Waals surface area contributed by atoms with Crippen molar-refractivity contribution in [1.82, 2.24) is 0 Å². The van der Waals surface area contributed by atoms with Crippen molar-refractivity contribution in [3.63, 3.8) is 0 Å². The molecule has 0 N–H and O–H groups in total. The number of ether oxygens (including phenoxy) is 1. The second-order valence-electron chi connectivity index (χ2n) is 3.26. The first kappa shape index (κ1) is 15.1. The minimum absolute atomic E-state index is 0.0162. The van der Waals surface area contributed by atoms with Gasteiger partial charge in [-0.25, -0.2) is 4.79 Å². The molecule has 1 unspecified atom stereocenters. The molecule has 0 aliphatic rings. The fourth-order valence-corrected chi connectivity index (χ4v) is 3.23. The third-order valence-electron chi connectivity index (χ3n) is 1.80. The first-order valence-electron chi connectivity index (χ1n) is 4.89. The Bertz CT molecular complexity index is 444. The summed E-state index contributed by atoms with van der Waals surface area (Å²) in [7, 11) is 2.66.